The maximum absolute atomic E-state index is 12.6. The second-order valence-electron chi connectivity index (χ2n) is 4.93. The average Bonchev–Trinajstić information content (AvgIpc) is 3.05. The third-order valence-electron chi connectivity index (χ3n) is 3.36. The predicted octanol–water partition coefficient (Wildman–Crippen LogP) is 0.634. The van der Waals surface area contributed by atoms with Gasteiger partial charge in [-0.05, 0) is 29.8 Å². The molecule has 8 nitrogen and oxygen atoms in total. The topological polar surface area (TPSA) is 81.7 Å². The highest BCUT2D eigenvalue weighted by Gasteiger charge is 2.35. The van der Waals surface area contributed by atoms with Gasteiger partial charge in [-0.15, -0.1) is 0 Å². The van der Waals surface area contributed by atoms with Gasteiger partial charge in [0.25, 0.3) is 11.9 Å². The Hall–Kier alpha value is -2.46. The molecule has 0 saturated carbocycles. The third-order valence-corrected chi connectivity index (χ3v) is 3.36. The molecule has 3 rings (SSSR count). The van der Waals surface area contributed by atoms with Crippen LogP contribution in [0.1, 0.15) is 17.8 Å². The lowest BCUT2D eigenvalue weighted by atomic mass is 10.3. The van der Waals surface area contributed by atoms with Gasteiger partial charge >= 0.3 is 6.18 Å². The Kier molecular flexibility index (Phi) is 3.34. The molecule has 3 heterocycles. The number of nitrogens with zero attached hydrogens (tertiary/aromatic N) is 7. The van der Waals surface area contributed by atoms with Crippen LogP contribution in [0.3, 0.4) is 0 Å². The first-order valence-corrected chi connectivity index (χ1v) is 6.54. The first-order valence-electron chi connectivity index (χ1n) is 6.54. The minimum atomic E-state index is -4.53. The lowest BCUT2D eigenvalue weighted by molar-refractivity contribution is -0.141. The molecule has 1 aliphatic heterocycles. The number of hydrogen-bond donors (Lipinski definition) is 0. The van der Waals surface area contributed by atoms with Crippen molar-refractivity contribution in [1.82, 2.24) is 30.0 Å². The van der Waals surface area contributed by atoms with Gasteiger partial charge in [0.15, 0.2) is 5.69 Å². The molecule has 0 unspecified atom stereocenters. The van der Waals surface area contributed by atoms with Gasteiger partial charge in [0.05, 0.1) is 0 Å². The third kappa shape index (κ3) is 2.53. The number of alkyl halides is 3. The monoisotopic (exact) mass is 315 g/mol. The van der Waals surface area contributed by atoms with Crippen LogP contribution in [0.15, 0.2) is 6.07 Å². The molecule has 0 atom stereocenters. The van der Waals surface area contributed by atoms with Gasteiger partial charge in [-0.3, -0.25) is 14.4 Å². The molecule has 0 N–H and O–H groups in total. The second kappa shape index (κ2) is 5.07. The average molecular weight is 315 g/mol. The Balaban J connectivity index is 1.80. The lowest BCUT2D eigenvalue weighted by Crippen LogP contribution is -2.40. The van der Waals surface area contributed by atoms with Gasteiger partial charge in [-0.25, -0.2) is 4.68 Å². The summed E-state index contributed by atoms with van der Waals surface area (Å²) in [6.45, 7) is 2.20. The fourth-order valence-electron chi connectivity index (χ4n) is 2.27. The number of aryl methyl sites for hydroxylation is 2. The van der Waals surface area contributed by atoms with E-state index in [4.69, 9.17) is 0 Å². The summed E-state index contributed by atoms with van der Waals surface area (Å²) in [6.07, 6.45) is -3.86. The van der Waals surface area contributed by atoms with Gasteiger partial charge in [0, 0.05) is 18.8 Å². The van der Waals surface area contributed by atoms with E-state index in [2.05, 4.69) is 20.6 Å². The number of aromatic nitrogens is 6. The summed E-state index contributed by atoms with van der Waals surface area (Å²) in [5.74, 6) is -0.104. The number of anilines is 1. The van der Waals surface area contributed by atoms with Crippen molar-refractivity contribution in [1.29, 1.82) is 0 Å². The summed E-state index contributed by atoms with van der Waals surface area (Å²) in [4.78, 5) is 13.7. The summed E-state index contributed by atoms with van der Waals surface area (Å²) in [7, 11) is 0. The van der Waals surface area contributed by atoms with E-state index in [1.165, 1.54) is 16.5 Å². The van der Waals surface area contributed by atoms with Crippen molar-refractivity contribution in [3.63, 3.8) is 0 Å². The quantitative estimate of drug-likeness (QED) is 0.812. The van der Waals surface area contributed by atoms with Gasteiger partial charge in [0.1, 0.15) is 6.54 Å². The van der Waals surface area contributed by atoms with Crippen molar-refractivity contribution in [3.05, 3.63) is 17.5 Å². The van der Waals surface area contributed by atoms with E-state index >= 15 is 0 Å². The van der Waals surface area contributed by atoms with E-state index in [0.29, 0.717) is 25.5 Å². The maximum atomic E-state index is 12.6. The largest absolute Gasteiger partial charge is 0.435 e. The Morgan fingerprint density at radius 3 is 2.82 bits per heavy atom. The molecular weight excluding hydrogens is 303 g/mol. The van der Waals surface area contributed by atoms with Crippen molar-refractivity contribution in [2.45, 2.75) is 32.6 Å². The molecule has 22 heavy (non-hydrogen) atoms. The zero-order valence-electron chi connectivity index (χ0n) is 11.6. The summed E-state index contributed by atoms with van der Waals surface area (Å²) in [5.41, 5.74) is -0.751. The maximum Gasteiger partial charge on any atom is 0.435 e. The SMILES string of the molecule is Cc1cc(C(F)(F)F)nn1CC(=O)N1CCCn2nnnc21. The van der Waals surface area contributed by atoms with Crippen LogP contribution in [0.4, 0.5) is 19.1 Å². The van der Waals surface area contributed by atoms with Crippen LogP contribution in [-0.4, -0.2) is 42.4 Å². The second-order valence-corrected chi connectivity index (χ2v) is 4.93. The summed E-state index contributed by atoms with van der Waals surface area (Å²) < 4.78 is 40.4. The van der Waals surface area contributed by atoms with Crippen LogP contribution < -0.4 is 4.90 Å². The minimum Gasteiger partial charge on any atom is -0.278 e. The molecule has 1 aliphatic rings. The van der Waals surface area contributed by atoms with Crippen LogP contribution in [0.25, 0.3) is 0 Å². The highest BCUT2D eigenvalue weighted by atomic mass is 19.4. The number of carbonyl (C=O) groups is 1. The molecule has 0 radical (unpaired) electrons. The van der Waals surface area contributed by atoms with Crippen molar-refractivity contribution < 1.29 is 18.0 Å². The first-order chi connectivity index (χ1) is 10.4. The molecular formula is C11H12F3N7O. The Morgan fingerprint density at radius 1 is 1.36 bits per heavy atom. The Labute approximate surface area is 122 Å². The molecule has 11 heteroatoms. The van der Waals surface area contributed by atoms with Crippen LogP contribution in [-0.2, 0) is 24.1 Å². The van der Waals surface area contributed by atoms with E-state index in [1.807, 2.05) is 0 Å². The van der Waals surface area contributed by atoms with E-state index in [1.54, 1.807) is 0 Å². The molecule has 0 aliphatic carbocycles. The van der Waals surface area contributed by atoms with Crippen molar-refractivity contribution in [3.8, 4) is 0 Å². The Morgan fingerprint density at radius 2 is 2.14 bits per heavy atom. The van der Waals surface area contributed by atoms with Crippen molar-refractivity contribution in [2.75, 3.05) is 11.4 Å². The van der Waals surface area contributed by atoms with Crippen LogP contribution in [0.5, 0.6) is 0 Å². The fraction of sp³-hybridized carbons (Fsp3) is 0.545. The summed E-state index contributed by atoms with van der Waals surface area (Å²) >= 11 is 0. The fourth-order valence-corrected chi connectivity index (χ4v) is 2.27. The van der Waals surface area contributed by atoms with Gasteiger partial charge in [0.2, 0.25) is 0 Å². The van der Waals surface area contributed by atoms with Gasteiger partial charge in [-0.2, -0.15) is 18.3 Å². The standard InChI is InChI=1S/C11H12F3N7O/c1-7-5-8(11(12,13)14)16-21(7)6-9(22)19-3-2-4-20-10(19)15-17-18-20/h5H,2-4,6H2,1H3. The molecule has 0 spiro atoms. The smallest absolute Gasteiger partial charge is 0.278 e. The van der Waals surface area contributed by atoms with Crippen LogP contribution >= 0.6 is 0 Å². The van der Waals surface area contributed by atoms with Crippen molar-refractivity contribution >= 4 is 11.9 Å². The minimum absolute atomic E-state index is 0.261. The van der Waals surface area contributed by atoms with E-state index in [9.17, 15) is 18.0 Å². The van der Waals surface area contributed by atoms with Crippen LogP contribution in [0, 0.1) is 6.92 Å². The van der Waals surface area contributed by atoms with Gasteiger partial charge < -0.3 is 0 Å². The number of tetrazole rings is 1. The van der Waals surface area contributed by atoms with Gasteiger partial charge in [-0.1, -0.05) is 5.10 Å². The van der Waals surface area contributed by atoms with E-state index in [-0.39, 0.29) is 12.2 Å². The number of carbonyl (C=O) groups excluding carboxylic acids is 1. The molecule has 1 amide bonds. The lowest BCUT2D eigenvalue weighted by Gasteiger charge is -2.25. The first kappa shape index (κ1) is 14.5. The molecule has 0 aromatic carbocycles. The summed E-state index contributed by atoms with van der Waals surface area (Å²) in [5, 5.41) is 14.4. The van der Waals surface area contributed by atoms with Crippen molar-refractivity contribution in [2.24, 2.45) is 0 Å². The molecule has 0 saturated heterocycles. The van der Waals surface area contributed by atoms with E-state index < -0.39 is 17.8 Å². The van der Waals surface area contributed by atoms with E-state index in [0.717, 1.165) is 10.7 Å². The normalized spacial score (nSPS) is 15.0. The summed E-state index contributed by atoms with van der Waals surface area (Å²) in [6, 6.07) is 0.910. The molecule has 2 aromatic rings. The highest BCUT2D eigenvalue weighted by molar-refractivity contribution is 5.91. The number of amides is 1. The number of hydrogen-bond acceptors (Lipinski definition) is 5. The molecule has 0 bridgehead atoms. The zero-order valence-corrected chi connectivity index (χ0v) is 11.6. The highest BCUT2D eigenvalue weighted by Crippen LogP contribution is 2.28. The number of fused-ring (bicyclic) bond motifs is 1. The zero-order chi connectivity index (χ0) is 15.9. The molecule has 2 aromatic heterocycles. The molecule has 0 fully saturated rings. The Bertz CT molecular complexity index is 705. The molecule has 118 valence electrons. The number of halogens is 3. The van der Waals surface area contributed by atoms with Crippen LogP contribution in [0.2, 0.25) is 0 Å². The number of rotatable bonds is 2. The predicted molar refractivity (Wildman–Crippen MR) is 66.8 cm³/mol.